The Labute approximate surface area is 174 Å². The lowest BCUT2D eigenvalue weighted by Gasteiger charge is -2.06. The van der Waals surface area contributed by atoms with E-state index in [2.05, 4.69) is 5.32 Å². The van der Waals surface area contributed by atoms with E-state index in [0.29, 0.717) is 11.1 Å². The summed E-state index contributed by atoms with van der Waals surface area (Å²) in [5.74, 6) is -1.84. The highest BCUT2D eigenvalue weighted by molar-refractivity contribution is 7.91. The van der Waals surface area contributed by atoms with Gasteiger partial charge in [-0.05, 0) is 12.5 Å². The Morgan fingerprint density at radius 2 is 1.75 bits per heavy atom. The number of aryl methyl sites for hydroxylation is 1. The van der Waals surface area contributed by atoms with Crippen molar-refractivity contribution in [2.24, 2.45) is 0 Å². The summed E-state index contributed by atoms with van der Waals surface area (Å²) >= 11 is 8.00. The molecule has 0 atom stereocenters. The first-order valence-corrected chi connectivity index (χ1v) is 11.8. The number of nitrogens with one attached hydrogen (secondary N) is 1. The van der Waals surface area contributed by atoms with Crippen LogP contribution in [0, 0.1) is 6.92 Å². The molecule has 3 aromatic rings. The van der Waals surface area contributed by atoms with Gasteiger partial charge in [-0.25, -0.2) is 13.2 Å². The van der Waals surface area contributed by atoms with Crippen LogP contribution in [0.4, 0.5) is 5.00 Å². The highest BCUT2D eigenvalue weighted by Crippen LogP contribution is 2.37. The minimum atomic E-state index is -3.57. The van der Waals surface area contributed by atoms with Crippen LogP contribution in [0.1, 0.15) is 25.6 Å². The molecule has 1 amide bonds. The van der Waals surface area contributed by atoms with Crippen LogP contribution in [0.2, 0.25) is 5.02 Å². The van der Waals surface area contributed by atoms with Gasteiger partial charge in [0.15, 0.2) is 9.84 Å². The number of amides is 1. The zero-order chi connectivity index (χ0) is 20.6. The quantitative estimate of drug-likeness (QED) is 0.575. The van der Waals surface area contributed by atoms with Crippen LogP contribution in [0.15, 0.2) is 39.9 Å². The van der Waals surface area contributed by atoms with E-state index in [9.17, 15) is 23.1 Å². The summed E-state index contributed by atoms with van der Waals surface area (Å²) in [4.78, 5) is 24.3. The summed E-state index contributed by atoms with van der Waals surface area (Å²) in [6.45, 7) is 1.93. The number of aromatic carboxylic acids is 1. The zero-order valence-corrected chi connectivity index (χ0v) is 17.9. The van der Waals surface area contributed by atoms with Gasteiger partial charge in [-0.2, -0.15) is 0 Å². The summed E-state index contributed by atoms with van der Waals surface area (Å²) in [5, 5.41) is 15.1. The Bertz CT molecular complexity index is 1180. The average molecular weight is 456 g/mol. The highest BCUT2D eigenvalue weighted by Gasteiger charge is 2.25. The number of halogens is 1. The Hall–Kier alpha value is -2.20. The van der Waals surface area contributed by atoms with Gasteiger partial charge in [-0.15, -0.1) is 22.7 Å². The van der Waals surface area contributed by atoms with Gasteiger partial charge in [0.1, 0.15) is 15.4 Å². The summed E-state index contributed by atoms with van der Waals surface area (Å²) in [7, 11) is -3.57. The molecule has 2 aromatic heterocycles. The number of hydrogen-bond acceptors (Lipinski definition) is 6. The number of benzene rings is 1. The van der Waals surface area contributed by atoms with Crippen molar-refractivity contribution in [2.75, 3.05) is 11.6 Å². The van der Waals surface area contributed by atoms with Crippen LogP contribution in [-0.4, -0.2) is 31.7 Å². The van der Waals surface area contributed by atoms with Gasteiger partial charge in [0.25, 0.3) is 5.91 Å². The van der Waals surface area contributed by atoms with Gasteiger partial charge in [0, 0.05) is 22.6 Å². The topological polar surface area (TPSA) is 101 Å². The Morgan fingerprint density at radius 3 is 2.29 bits per heavy atom. The van der Waals surface area contributed by atoms with E-state index in [1.54, 1.807) is 5.38 Å². The number of carboxylic acids is 1. The second-order valence-corrected chi connectivity index (χ2v) is 10.1. The van der Waals surface area contributed by atoms with Gasteiger partial charge in [-0.1, -0.05) is 41.4 Å². The molecule has 0 bridgehead atoms. The van der Waals surface area contributed by atoms with Gasteiger partial charge in [-0.3, -0.25) is 4.79 Å². The van der Waals surface area contributed by atoms with Gasteiger partial charge in [0.05, 0.1) is 9.92 Å². The smallest absolute Gasteiger partial charge is 0.339 e. The summed E-state index contributed by atoms with van der Waals surface area (Å²) in [6.07, 6.45) is 0.998. The van der Waals surface area contributed by atoms with Gasteiger partial charge in [0.2, 0.25) is 0 Å². The molecule has 1 aromatic carbocycles. The van der Waals surface area contributed by atoms with Crippen LogP contribution < -0.4 is 5.32 Å². The molecule has 0 fully saturated rings. The van der Waals surface area contributed by atoms with Crippen LogP contribution in [-0.2, 0) is 9.84 Å². The standard InChI is InChI=1S/C18H14ClNO5S3/c1-9-3-5-10(6-4-9)11-7-27-17(13(11)18(22)23)20-16(21)15-14(19)12(8-26-15)28(2,24)25/h3-8H,1-2H3,(H,20,21)(H,22,23). The van der Waals surface area contributed by atoms with E-state index < -0.39 is 21.7 Å². The number of rotatable bonds is 5. The monoisotopic (exact) mass is 455 g/mol. The fourth-order valence-electron chi connectivity index (χ4n) is 2.50. The molecule has 2 heterocycles. The van der Waals surface area contributed by atoms with Crippen molar-refractivity contribution in [2.45, 2.75) is 11.8 Å². The van der Waals surface area contributed by atoms with Crippen molar-refractivity contribution >= 4 is 61.0 Å². The molecule has 0 saturated carbocycles. The maximum absolute atomic E-state index is 12.6. The van der Waals surface area contributed by atoms with Crippen molar-refractivity contribution in [3.8, 4) is 11.1 Å². The molecule has 0 radical (unpaired) electrons. The molecule has 0 aliphatic rings. The number of hydrogen-bond donors (Lipinski definition) is 2. The molecule has 0 aliphatic carbocycles. The number of carboxylic acid groups (broad SMARTS) is 1. The van der Waals surface area contributed by atoms with Crippen LogP contribution in [0.5, 0.6) is 0 Å². The number of sulfone groups is 1. The van der Waals surface area contributed by atoms with E-state index in [-0.39, 0.29) is 25.4 Å². The fourth-order valence-corrected chi connectivity index (χ4v) is 6.26. The van der Waals surface area contributed by atoms with Crippen molar-refractivity contribution in [3.05, 3.63) is 56.1 Å². The average Bonchev–Trinajstić information content (AvgIpc) is 3.19. The maximum Gasteiger partial charge on any atom is 0.339 e. The van der Waals surface area contributed by atoms with Crippen LogP contribution in [0.25, 0.3) is 11.1 Å². The summed E-state index contributed by atoms with van der Waals surface area (Å²) in [6, 6.07) is 7.36. The van der Waals surface area contributed by atoms with Crippen molar-refractivity contribution in [1.82, 2.24) is 0 Å². The molecular formula is C18H14ClNO5S3. The largest absolute Gasteiger partial charge is 0.478 e. The van der Waals surface area contributed by atoms with Crippen molar-refractivity contribution < 1.29 is 23.1 Å². The predicted octanol–water partition coefficient (Wildman–Crippen LogP) is 4.79. The van der Waals surface area contributed by atoms with E-state index in [0.717, 1.165) is 34.5 Å². The van der Waals surface area contributed by atoms with Gasteiger partial charge >= 0.3 is 5.97 Å². The molecule has 2 N–H and O–H groups in total. The fraction of sp³-hybridized carbons (Fsp3) is 0.111. The minimum Gasteiger partial charge on any atom is -0.478 e. The maximum atomic E-state index is 12.6. The third kappa shape index (κ3) is 3.97. The van der Waals surface area contributed by atoms with E-state index in [4.69, 9.17) is 11.6 Å². The first-order valence-electron chi connectivity index (χ1n) is 7.79. The van der Waals surface area contributed by atoms with E-state index in [1.165, 1.54) is 5.38 Å². The molecule has 146 valence electrons. The number of thiophene rings is 2. The lowest BCUT2D eigenvalue weighted by Crippen LogP contribution is -2.13. The first kappa shape index (κ1) is 20.5. The zero-order valence-electron chi connectivity index (χ0n) is 14.6. The third-order valence-electron chi connectivity index (χ3n) is 3.90. The lowest BCUT2D eigenvalue weighted by molar-refractivity contribution is 0.0699. The first-order chi connectivity index (χ1) is 13.1. The molecule has 28 heavy (non-hydrogen) atoms. The van der Waals surface area contributed by atoms with E-state index in [1.807, 2.05) is 31.2 Å². The minimum absolute atomic E-state index is 0.00344. The molecule has 0 spiro atoms. The number of anilines is 1. The number of carbonyl (C=O) groups excluding carboxylic acids is 1. The Kier molecular flexibility index (Phi) is 5.62. The Morgan fingerprint density at radius 1 is 1.11 bits per heavy atom. The highest BCUT2D eigenvalue weighted by atomic mass is 35.5. The SMILES string of the molecule is Cc1ccc(-c2csc(NC(=O)c3scc(S(C)(=O)=O)c3Cl)c2C(=O)O)cc1. The van der Waals surface area contributed by atoms with Crippen LogP contribution in [0.3, 0.4) is 0 Å². The third-order valence-corrected chi connectivity index (χ3v) is 7.66. The normalized spacial score (nSPS) is 11.4. The molecular weight excluding hydrogens is 442 g/mol. The molecule has 6 nitrogen and oxygen atoms in total. The van der Waals surface area contributed by atoms with E-state index >= 15 is 0 Å². The lowest BCUT2D eigenvalue weighted by atomic mass is 10.0. The molecule has 10 heteroatoms. The molecule has 0 unspecified atom stereocenters. The predicted molar refractivity (Wildman–Crippen MR) is 112 cm³/mol. The summed E-state index contributed by atoms with van der Waals surface area (Å²) in [5.41, 5.74) is 2.21. The van der Waals surface area contributed by atoms with Gasteiger partial charge < -0.3 is 10.4 Å². The van der Waals surface area contributed by atoms with Crippen molar-refractivity contribution in [3.63, 3.8) is 0 Å². The Balaban J connectivity index is 1.97. The molecule has 0 aliphatic heterocycles. The number of carbonyl (C=O) groups is 2. The second-order valence-electron chi connectivity index (χ2n) is 5.99. The van der Waals surface area contributed by atoms with Crippen molar-refractivity contribution in [1.29, 1.82) is 0 Å². The summed E-state index contributed by atoms with van der Waals surface area (Å²) < 4.78 is 23.4. The molecule has 0 saturated heterocycles. The molecule has 3 rings (SSSR count). The second kappa shape index (κ2) is 7.67. The van der Waals surface area contributed by atoms with Crippen LogP contribution >= 0.6 is 34.3 Å².